The molecule has 1 aromatic carbocycles. The summed E-state index contributed by atoms with van der Waals surface area (Å²) in [6, 6.07) is -0.237. The summed E-state index contributed by atoms with van der Waals surface area (Å²) in [6.45, 7) is 0.714. The number of hydrogen-bond acceptors (Lipinski definition) is 6. The minimum absolute atomic E-state index is 0.0790. The van der Waals surface area contributed by atoms with Gasteiger partial charge in [-0.2, -0.15) is 9.97 Å². The van der Waals surface area contributed by atoms with E-state index in [2.05, 4.69) is 25.9 Å². The molecule has 0 amide bonds. The third kappa shape index (κ3) is 3.96. The van der Waals surface area contributed by atoms with Crippen molar-refractivity contribution >= 4 is 32.7 Å². The average Bonchev–Trinajstić information content (AvgIpc) is 3.31. The van der Waals surface area contributed by atoms with Crippen LogP contribution in [0.15, 0.2) is 4.47 Å². The van der Waals surface area contributed by atoms with Crippen molar-refractivity contribution in [3.05, 3.63) is 16.1 Å². The molecule has 0 radical (unpaired) electrons. The quantitative estimate of drug-likeness (QED) is 0.391. The van der Waals surface area contributed by atoms with Gasteiger partial charge in [-0.05, 0) is 41.7 Å². The molecular formula is C22H24BrF5N4O2. The van der Waals surface area contributed by atoms with Crippen molar-refractivity contribution in [3.63, 3.8) is 0 Å². The Kier molecular flexibility index (Phi) is 6.02. The van der Waals surface area contributed by atoms with Crippen molar-refractivity contribution in [1.29, 1.82) is 0 Å². The van der Waals surface area contributed by atoms with E-state index in [1.807, 2.05) is 4.90 Å². The number of methoxy groups -OCH3 is 1. The lowest BCUT2D eigenvalue weighted by Crippen LogP contribution is -2.44. The zero-order chi connectivity index (χ0) is 24.3. The fourth-order valence-corrected chi connectivity index (χ4v) is 5.85. The lowest BCUT2D eigenvalue weighted by molar-refractivity contribution is -0.0118. The zero-order valence-electron chi connectivity index (χ0n) is 18.5. The molecule has 0 aliphatic carbocycles. The van der Waals surface area contributed by atoms with Crippen molar-refractivity contribution in [2.45, 2.75) is 49.7 Å². The minimum Gasteiger partial charge on any atom is -0.493 e. The first-order chi connectivity index (χ1) is 16.1. The molecule has 0 spiro atoms. The maximum Gasteiger partial charge on any atom is 0.319 e. The lowest BCUT2D eigenvalue weighted by Gasteiger charge is -2.34. The van der Waals surface area contributed by atoms with E-state index in [9.17, 15) is 17.6 Å². The number of anilines is 1. The van der Waals surface area contributed by atoms with Gasteiger partial charge in [0, 0.05) is 25.9 Å². The maximum atomic E-state index is 15.1. The van der Waals surface area contributed by atoms with Crippen molar-refractivity contribution in [1.82, 2.24) is 14.9 Å². The van der Waals surface area contributed by atoms with Crippen LogP contribution in [0.5, 0.6) is 11.8 Å². The van der Waals surface area contributed by atoms with Gasteiger partial charge in [-0.25, -0.2) is 22.0 Å². The van der Waals surface area contributed by atoms with Crippen LogP contribution in [-0.4, -0.2) is 72.4 Å². The Bertz CT molecular complexity index is 1120. The number of nitrogens with zero attached hydrogens (tertiary/aromatic N) is 4. The Balaban J connectivity index is 1.59. The molecule has 4 heterocycles. The van der Waals surface area contributed by atoms with Gasteiger partial charge in [-0.3, -0.25) is 4.90 Å². The first-order valence-electron chi connectivity index (χ1n) is 11.2. The number of alkyl halides is 3. The van der Waals surface area contributed by atoms with Gasteiger partial charge >= 0.3 is 6.01 Å². The maximum absolute atomic E-state index is 15.1. The van der Waals surface area contributed by atoms with Crippen molar-refractivity contribution in [2.24, 2.45) is 0 Å². The van der Waals surface area contributed by atoms with E-state index in [0.29, 0.717) is 13.0 Å². The van der Waals surface area contributed by atoms with E-state index >= 15 is 4.39 Å². The molecule has 6 nitrogen and oxygen atoms in total. The second kappa shape index (κ2) is 8.61. The van der Waals surface area contributed by atoms with Crippen LogP contribution < -0.4 is 14.4 Å². The van der Waals surface area contributed by atoms with E-state index in [1.54, 1.807) is 0 Å². The molecule has 1 aromatic heterocycles. The lowest BCUT2D eigenvalue weighted by atomic mass is 9.95. The molecule has 5 rings (SSSR count). The molecule has 3 saturated heterocycles. The van der Waals surface area contributed by atoms with Crippen LogP contribution in [-0.2, 0) is 0 Å². The highest BCUT2D eigenvalue weighted by Crippen LogP contribution is 2.44. The molecule has 2 atom stereocenters. The Labute approximate surface area is 201 Å². The summed E-state index contributed by atoms with van der Waals surface area (Å²) in [5.41, 5.74) is -0.815. The molecular weight excluding hydrogens is 527 g/mol. The number of aromatic nitrogens is 2. The Morgan fingerprint density at radius 3 is 2.62 bits per heavy atom. The number of ether oxygens (including phenoxy) is 2. The summed E-state index contributed by atoms with van der Waals surface area (Å²) in [7, 11) is 1.20. The fraction of sp³-hybridized carbons (Fsp3) is 0.636. The SMILES string of the molecule is COc1c(F)c(Br)c(F)c2nc(OC[C@@]34CCCN3C[C@H](F)C4)nc(N3CCCC(F)(F)C3)c12. The molecule has 0 bridgehead atoms. The summed E-state index contributed by atoms with van der Waals surface area (Å²) in [5, 5.41) is -0.143. The molecule has 12 heteroatoms. The van der Waals surface area contributed by atoms with Gasteiger partial charge in [0.25, 0.3) is 5.92 Å². The van der Waals surface area contributed by atoms with E-state index in [4.69, 9.17) is 9.47 Å². The molecule has 186 valence electrons. The van der Waals surface area contributed by atoms with Gasteiger partial charge in [0.1, 0.15) is 24.1 Å². The molecule has 3 aliphatic rings. The van der Waals surface area contributed by atoms with E-state index in [-0.39, 0.29) is 54.5 Å². The van der Waals surface area contributed by atoms with Crippen molar-refractivity contribution < 1.29 is 31.4 Å². The third-order valence-corrected chi connectivity index (χ3v) is 7.71. The largest absolute Gasteiger partial charge is 0.493 e. The first kappa shape index (κ1) is 23.8. The van der Waals surface area contributed by atoms with Crippen LogP contribution in [0.3, 0.4) is 0 Å². The van der Waals surface area contributed by atoms with Gasteiger partial charge in [0.15, 0.2) is 17.4 Å². The fourth-order valence-electron chi connectivity index (χ4n) is 5.49. The normalized spacial score (nSPS) is 26.8. The van der Waals surface area contributed by atoms with Gasteiger partial charge in [0.05, 0.1) is 29.1 Å². The van der Waals surface area contributed by atoms with Crippen LogP contribution in [0.4, 0.5) is 27.8 Å². The number of fused-ring (bicyclic) bond motifs is 2. The first-order valence-corrected chi connectivity index (χ1v) is 12.0. The summed E-state index contributed by atoms with van der Waals surface area (Å²) in [6.07, 6.45) is 0.878. The summed E-state index contributed by atoms with van der Waals surface area (Å²) in [4.78, 5) is 11.8. The second-order valence-corrected chi connectivity index (χ2v) is 10.1. The number of piperidine rings is 1. The van der Waals surface area contributed by atoms with Gasteiger partial charge in [-0.15, -0.1) is 0 Å². The predicted molar refractivity (Wildman–Crippen MR) is 119 cm³/mol. The number of benzene rings is 1. The highest BCUT2D eigenvalue weighted by Gasteiger charge is 2.49. The molecule has 0 saturated carbocycles. The van der Waals surface area contributed by atoms with Crippen LogP contribution in [0.25, 0.3) is 10.9 Å². The van der Waals surface area contributed by atoms with Gasteiger partial charge in [-0.1, -0.05) is 0 Å². The molecule has 0 N–H and O–H groups in total. The highest BCUT2D eigenvalue weighted by atomic mass is 79.9. The second-order valence-electron chi connectivity index (χ2n) is 9.27. The highest BCUT2D eigenvalue weighted by molar-refractivity contribution is 9.10. The van der Waals surface area contributed by atoms with Crippen molar-refractivity contribution in [3.8, 4) is 11.8 Å². The van der Waals surface area contributed by atoms with Gasteiger partial charge in [0.2, 0.25) is 0 Å². The molecule has 3 aliphatic heterocycles. The number of halogens is 6. The van der Waals surface area contributed by atoms with Crippen molar-refractivity contribution in [2.75, 3.05) is 44.8 Å². The summed E-state index contributed by atoms with van der Waals surface area (Å²) >= 11 is 2.88. The van der Waals surface area contributed by atoms with Gasteiger partial charge < -0.3 is 14.4 Å². The monoisotopic (exact) mass is 550 g/mol. The molecule has 3 fully saturated rings. The standard InChI is InChI=1S/C22H24BrF5N4O2/c1-33-18-13-17(15(25)14(23)16(18)26)29-20(30-19(13)31-6-3-5-22(27,28)10-31)34-11-21-4-2-7-32(21)9-12(24)8-21/h12H,2-11H2,1H3/t12-,21+/m1/s1. The molecule has 34 heavy (non-hydrogen) atoms. The van der Waals surface area contributed by atoms with Crippen LogP contribution in [0, 0.1) is 11.6 Å². The molecule has 2 aromatic rings. The Hall–Kier alpha value is -1.95. The van der Waals surface area contributed by atoms with Crippen LogP contribution in [0.1, 0.15) is 32.1 Å². The summed E-state index contributed by atoms with van der Waals surface area (Å²) < 4.78 is 83.1. The number of hydrogen-bond donors (Lipinski definition) is 0. The minimum atomic E-state index is -2.99. The third-order valence-electron chi connectivity index (χ3n) is 7.02. The van der Waals surface area contributed by atoms with Crippen LogP contribution >= 0.6 is 15.9 Å². The number of rotatable bonds is 5. The molecule has 0 unspecified atom stereocenters. The predicted octanol–water partition coefficient (Wildman–Crippen LogP) is 4.87. The van der Waals surface area contributed by atoms with E-state index in [0.717, 1.165) is 19.4 Å². The smallest absolute Gasteiger partial charge is 0.319 e. The summed E-state index contributed by atoms with van der Waals surface area (Å²) in [5.74, 6) is -5.46. The van der Waals surface area contributed by atoms with Crippen LogP contribution in [0.2, 0.25) is 0 Å². The Morgan fingerprint density at radius 1 is 1.12 bits per heavy atom. The average molecular weight is 551 g/mol. The van der Waals surface area contributed by atoms with E-state index < -0.39 is 40.3 Å². The van der Waals surface area contributed by atoms with E-state index in [1.165, 1.54) is 12.0 Å². The zero-order valence-corrected chi connectivity index (χ0v) is 20.1. The topological polar surface area (TPSA) is 50.7 Å². The Morgan fingerprint density at radius 2 is 1.88 bits per heavy atom.